The number of alkyl halides is 3. The number of halogens is 4. The van der Waals surface area contributed by atoms with Gasteiger partial charge in [0.05, 0.1) is 40.8 Å². The summed E-state index contributed by atoms with van der Waals surface area (Å²) in [7, 11) is -2.74. The quantitative estimate of drug-likeness (QED) is 0.570. The predicted molar refractivity (Wildman–Crippen MR) is 118 cm³/mol. The van der Waals surface area contributed by atoms with Gasteiger partial charge < -0.3 is 14.5 Å². The number of hydrogen-bond donors (Lipinski definition) is 1. The summed E-state index contributed by atoms with van der Waals surface area (Å²) in [5, 5.41) is 8.89. The Kier molecular flexibility index (Phi) is 7.86. The Morgan fingerprint density at radius 1 is 1.14 bits per heavy atom. The van der Waals surface area contributed by atoms with Crippen molar-refractivity contribution in [3.8, 4) is 11.8 Å². The van der Waals surface area contributed by atoms with Crippen LogP contribution < -0.4 is 14.4 Å². The van der Waals surface area contributed by atoms with Crippen molar-refractivity contribution in [2.45, 2.75) is 17.5 Å². The van der Waals surface area contributed by atoms with Crippen LogP contribution in [0.1, 0.15) is 22.3 Å². The first-order chi connectivity index (χ1) is 16.4. The van der Waals surface area contributed by atoms with Crippen molar-refractivity contribution in [2.75, 3.05) is 44.7 Å². The SMILES string of the molecule is CNS(=O)(=O)c1ccc(OCCC(F)(F)F)c(C(=O)N2CCN(c3ccc(C#N)cc3F)CC2)c1. The number of nitrogens with zero attached hydrogens (tertiary/aromatic N) is 3. The number of amides is 1. The van der Waals surface area contributed by atoms with Gasteiger partial charge in [-0.1, -0.05) is 0 Å². The summed E-state index contributed by atoms with van der Waals surface area (Å²) >= 11 is 0. The van der Waals surface area contributed by atoms with Crippen LogP contribution in [-0.4, -0.2) is 65.2 Å². The van der Waals surface area contributed by atoms with Gasteiger partial charge in [0.15, 0.2) is 0 Å². The summed E-state index contributed by atoms with van der Waals surface area (Å²) in [4.78, 5) is 16.1. The minimum atomic E-state index is -4.46. The number of nitrogens with one attached hydrogen (secondary N) is 1. The lowest BCUT2D eigenvalue weighted by Crippen LogP contribution is -2.49. The Morgan fingerprint density at radius 3 is 2.40 bits per heavy atom. The highest BCUT2D eigenvalue weighted by Crippen LogP contribution is 2.28. The van der Waals surface area contributed by atoms with Gasteiger partial charge in [0.25, 0.3) is 5.91 Å². The molecule has 35 heavy (non-hydrogen) atoms. The molecule has 1 N–H and O–H groups in total. The van der Waals surface area contributed by atoms with Crippen LogP contribution in [0.25, 0.3) is 0 Å². The highest BCUT2D eigenvalue weighted by atomic mass is 32.2. The number of nitriles is 1. The third-order valence-electron chi connectivity index (χ3n) is 5.39. The van der Waals surface area contributed by atoms with E-state index in [-0.39, 0.29) is 53.6 Å². The number of rotatable bonds is 7. The van der Waals surface area contributed by atoms with Crippen LogP contribution in [-0.2, 0) is 10.0 Å². The van der Waals surface area contributed by atoms with Crippen LogP contribution in [0, 0.1) is 17.1 Å². The first kappa shape index (κ1) is 26.2. The van der Waals surface area contributed by atoms with Crippen molar-refractivity contribution in [1.29, 1.82) is 5.26 Å². The molecule has 0 aromatic heterocycles. The normalized spacial score (nSPS) is 14.5. The van der Waals surface area contributed by atoms with Crippen LogP contribution in [0.5, 0.6) is 5.75 Å². The molecule has 13 heteroatoms. The highest BCUT2D eigenvalue weighted by molar-refractivity contribution is 7.89. The Morgan fingerprint density at radius 2 is 1.83 bits per heavy atom. The molecule has 1 saturated heterocycles. The van der Waals surface area contributed by atoms with Crippen molar-refractivity contribution in [1.82, 2.24) is 9.62 Å². The molecule has 0 saturated carbocycles. The zero-order chi connectivity index (χ0) is 25.8. The van der Waals surface area contributed by atoms with Crippen LogP contribution >= 0.6 is 0 Å². The zero-order valence-electron chi connectivity index (χ0n) is 18.6. The maximum atomic E-state index is 14.4. The van der Waals surface area contributed by atoms with Crippen molar-refractivity contribution < 1.29 is 35.5 Å². The van der Waals surface area contributed by atoms with Gasteiger partial charge in [0.2, 0.25) is 10.0 Å². The Balaban J connectivity index is 1.80. The van der Waals surface area contributed by atoms with Crippen molar-refractivity contribution in [2.24, 2.45) is 0 Å². The predicted octanol–water partition coefficient (Wildman–Crippen LogP) is 2.90. The molecule has 1 fully saturated rings. The minimum absolute atomic E-state index is 0.142. The standard InChI is InChI=1S/C22H22F4N4O4S/c1-28-35(32,33)16-3-5-20(34-11-6-22(24,25)26)17(13-16)21(31)30-9-7-29(8-10-30)19-4-2-15(14-27)12-18(19)23/h2-5,12-13,28H,6-11H2,1H3. The van der Waals surface area contributed by atoms with E-state index in [1.54, 1.807) is 4.90 Å². The fourth-order valence-corrected chi connectivity index (χ4v) is 4.27. The number of sulfonamides is 1. The first-order valence-corrected chi connectivity index (χ1v) is 11.9. The number of hydrogen-bond acceptors (Lipinski definition) is 6. The summed E-state index contributed by atoms with van der Waals surface area (Å²) in [6.07, 6.45) is -5.71. The number of benzene rings is 2. The third kappa shape index (κ3) is 6.40. The van der Waals surface area contributed by atoms with E-state index in [2.05, 4.69) is 4.72 Å². The molecular formula is C22H22F4N4O4S. The zero-order valence-corrected chi connectivity index (χ0v) is 19.4. The molecule has 1 aliphatic rings. The molecular weight excluding hydrogens is 492 g/mol. The van der Waals surface area contributed by atoms with Gasteiger partial charge in [-0.25, -0.2) is 17.5 Å². The fraction of sp³-hybridized carbons (Fsp3) is 0.364. The minimum Gasteiger partial charge on any atom is -0.492 e. The smallest absolute Gasteiger partial charge is 0.392 e. The molecule has 1 heterocycles. The lowest BCUT2D eigenvalue weighted by Gasteiger charge is -2.36. The number of ether oxygens (including phenoxy) is 1. The van der Waals surface area contributed by atoms with E-state index in [0.29, 0.717) is 0 Å². The average Bonchev–Trinajstić information content (AvgIpc) is 2.83. The molecule has 188 valence electrons. The van der Waals surface area contributed by atoms with Gasteiger partial charge in [-0.3, -0.25) is 4.79 Å². The number of piperazine rings is 1. The van der Waals surface area contributed by atoms with Crippen molar-refractivity contribution in [3.63, 3.8) is 0 Å². The molecule has 1 aliphatic heterocycles. The van der Waals surface area contributed by atoms with Gasteiger partial charge >= 0.3 is 6.18 Å². The lowest BCUT2D eigenvalue weighted by molar-refractivity contribution is -0.139. The van der Waals surface area contributed by atoms with E-state index < -0.39 is 41.0 Å². The van der Waals surface area contributed by atoms with Gasteiger partial charge in [-0.15, -0.1) is 0 Å². The van der Waals surface area contributed by atoms with Gasteiger partial charge in [-0.2, -0.15) is 18.4 Å². The van der Waals surface area contributed by atoms with E-state index >= 15 is 0 Å². The summed E-state index contributed by atoms with van der Waals surface area (Å²) in [6, 6.07) is 9.27. The first-order valence-electron chi connectivity index (χ1n) is 10.5. The van der Waals surface area contributed by atoms with Gasteiger partial charge in [0.1, 0.15) is 11.6 Å². The third-order valence-corrected chi connectivity index (χ3v) is 6.80. The summed E-state index contributed by atoms with van der Waals surface area (Å²) < 4.78 is 83.7. The number of carbonyl (C=O) groups excluding carboxylic acids is 1. The Hall–Kier alpha value is -3.37. The fourth-order valence-electron chi connectivity index (χ4n) is 3.52. The second kappa shape index (κ2) is 10.5. The molecule has 8 nitrogen and oxygen atoms in total. The molecule has 2 aromatic carbocycles. The topological polar surface area (TPSA) is 103 Å². The van der Waals surface area contributed by atoms with Crippen LogP contribution in [0.15, 0.2) is 41.3 Å². The van der Waals surface area contributed by atoms with Crippen molar-refractivity contribution in [3.05, 3.63) is 53.3 Å². The van der Waals surface area contributed by atoms with Crippen molar-refractivity contribution >= 4 is 21.6 Å². The van der Waals surface area contributed by atoms with E-state index in [1.807, 2.05) is 6.07 Å². The maximum absolute atomic E-state index is 14.4. The van der Waals surface area contributed by atoms with Crippen LogP contribution in [0.2, 0.25) is 0 Å². The number of anilines is 1. The van der Waals surface area contributed by atoms with Gasteiger partial charge in [-0.05, 0) is 43.4 Å². The molecule has 0 aliphatic carbocycles. The maximum Gasteiger partial charge on any atom is 0.392 e. The van der Waals surface area contributed by atoms with Crippen LogP contribution in [0.4, 0.5) is 23.2 Å². The molecule has 0 radical (unpaired) electrons. The van der Waals surface area contributed by atoms with Crippen LogP contribution in [0.3, 0.4) is 0 Å². The Labute approximate surface area is 199 Å². The average molecular weight is 515 g/mol. The molecule has 0 atom stereocenters. The van der Waals surface area contributed by atoms with E-state index in [4.69, 9.17) is 10.00 Å². The largest absolute Gasteiger partial charge is 0.492 e. The summed E-state index contributed by atoms with van der Waals surface area (Å²) in [5.74, 6) is -1.37. The second-order valence-electron chi connectivity index (χ2n) is 7.64. The number of carbonyl (C=O) groups is 1. The molecule has 0 spiro atoms. The van der Waals surface area contributed by atoms with E-state index in [0.717, 1.165) is 24.3 Å². The Bertz CT molecular complexity index is 1240. The van der Waals surface area contributed by atoms with E-state index in [1.165, 1.54) is 24.1 Å². The summed E-state index contributed by atoms with van der Waals surface area (Å²) in [6.45, 7) is 0.0286. The monoisotopic (exact) mass is 514 g/mol. The molecule has 2 aromatic rings. The molecule has 0 bridgehead atoms. The van der Waals surface area contributed by atoms with E-state index in [9.17, 15) is 30.8 Å². The summed E-state index contributed by atoms with van der Waals surface area (Å²) in [5.41, 5.74) is 0.255. The lowest BCUT2D eigenvalue weighted by atomic mass is 10.1. The molecule has 0 unspecified atom stereocenters. The highest BCUT2D eigenvalue weighted by Gasteiger charge is 2.29. The molecule has 3 rings (SSSR count). The second-order valence-corrected chi connectivity index (χ2v) is 9.52. The molecule has 1 amide bonds. The van der Waals surface area contributed by atoms with Gasteiger partial charge in [0, 0.05) is 26.2 Å².